The summed E-state index contributed by atoms with van der Waals surface area (Å²) < 4.78 is 0. The summed E-state index contributed by atoms with van der Waals surface area (Å²) in [5, 5.41) is 9.54. The first kappa shape index (κ1) is 14.6. The van der Waals surface area contributed by atoms with Gasteiger partial charge in [0.05, 0.1) is 5.69 Å². The molecule has 0 unspecified atom stereocenters. The van der Waals surface area contributed by atoms with Crippen molar-refractivity contribution in [2.75, 3.05) is 11.4 Å². The van der Waals surface area contributed by atoms with E-state index in [-0.39, 0.29) is 11.7 Å². The minimum atomic E-state index is 0.125. The molecule has 1 aromatic rings. The summed E-state index contributed by atoms with van der Waals surface area (Å²) in [5.74, 6) is 0.850. The molecule has 1 N–H and O–H groups in total. The van der Waals surface area contributed by atoms with E-state index in [0.29, 0.717) is 18.9 Å². The SMILES string of the molecule is CCN(C(=O)CCC(C)C)c1cc(O)ccc1C. The van der Waals surface area contributed by atoms with Crippen molar-refractivity contribution < 1.29 is 9.90 Å². The lowest BCUT2D eigenvalue weighted by Gasteiger charge is -2.23. The van der Waals surface area contributed by atoms with Gasteiger partial charge in [-0.05, 0) is 37.8 Å². The molecular formula is C15H23NO2. The lowest BCUT2D eigenvalue weighted by Crippen LogP contribution is -2.31. The van der Waals surface area contributed by atoms with Crippen molar-refractivity contribution in [1.82, 2.24) is 0 Å². The summed E-state index contributed by atoms with van der Waals surface area (Å²) in [7, 11) is 0. The van der Waals surface area contributed by atoms with Crippen molar-refractivity contribution in [2.45, 2.75) is 40.5 Å². The van der Waals surface area contributed by atoms with Gasteiger partial charge >= 0.3 is 0 Å². The van der Waals surface area contributed by atoms with Crippen LogP contribution in [0.15, 0.2) is 18.2 Å². The third kappa shape index (κ3) is 3.76. The van der Waals surface area contributed by atoms with Crippen molar-refractivity contribution in [2.24, 2.45) is 5.92 Å². The van der Waals surface area contributed by atoms with Crippen LogP contribution >= 0.6 is 0 Å². The average molecular weight is 249 g/mol. The fourth-order valence-electron chi connectivity index (χ4n) is 1.92. The third-order valence-corrected chi connectivity index (χ3v) is 3.04. The molecule has 0 aliphatic rings. The van der Waals surface area contributed by atoms with Gasteiger partial charge in [0.2, 0.25) is 5.91 Å². The Bertz CT molecular complexity index is 413. The highest BCUT2D eigenvalue weighted by atomic mass is 16.3. The second kappa shape index (κ2) is 6.43. The monoisotopic (exact) mass is 249 g/mol. The zero-order valence-corrected chi connectivity index (χ0v) is 11.7. The van der Waals surface area contributed by atoms with E-state index in [1.807, 2.05) is 19.9 Å². The Morgan fingerprint density at radius 2 is 2.06 bits per heavy atom. The van der Waals surface area contributed by atoms with E-state index in [2.05, 4.69) is 13.8 Å². The van der Waals surface area contributed by atoms with Gasteiger partial charge in [0.15, 0.2) is 0 Å². The van der Waals surface area contributed by atoms with Crippen LogP contribution in [0, 0.1) is 12.8 Å². The number of phenolic OH excluding ortho intramolecular Hbond substituents is 1. The lowest BCUT2D eigenvalue weighted by atomic mass is 10.1. The summed E-state index contributed by atoms with van der Waals surface area (Å²) >= 11 is 0. The molecule has 0 radical (unpaired) electrons. The largest absolute Gasteiger partial charge is 0.508 e. The van der Waals surface area contributed by atoms with Gasteiger partial charge in [0.25, 0.3) is 0 Å². The van der Waals surface area contributed by atoms with Crippen LogP contribution < -0.4 is 4.90 Å². The first-order valence-corrected chi connectivity index (χ1v) is 6.55. The molecule has 0 fully saturated rings. The number of phenols is 1. The summed E-state index contributed by atoms with van der Waals surface area (Å²) in [6.45, 7) is 8.76. The van der Waals surface area contributed by atoms with Gasteiger partial charge in [0.1, 0.15) is 5.75 Å². The molecule has 0 spiro atoms. The molecule has 100 valence electrons. The second-order valence-corrected chi connectivity index (χ2v) is 5.04. The van der Waals surface area contributed by atoms with E-state index in [9.17, 15) is 9.90 Å². The van der Waals surface area contributed by atoms with Crippen molar-refractivity contribution in [3.05, 3.63) is 23.8 Å². The Labute approximate surface area is 109 Å². The predicted octanol–water partition coefficient (Wildman–Crippen LogP) is 3.49. The van der Waals surface area contributed by atoms with Crippen LogP contribution in [0.1, 0.15) is 39.2 Å². The number of aryl methyl sites for hydroxylation is 1. The minimum Gasteiger partial charge on any atom is -0.508 e. The molecule has 0 aliphatic carbocycles. The van der Waals surface area contributed by atoms with Crippen molar-refractivity contribution in [1.29, 1.82) is 0 Å². The van der Waals surface area contributed by atoms with E-state index in [1.165, 1.54) is 0 Å². The summed E-state index contributed by atoms with van der Waals surface area (Å²) in [5.41, 5.74) is 1.82. The van der Waals surface area contributed by atoms with Crippen molar-refractivity contribution in [3.63, 3.8) is 0 Å². The molecular weight excluding hydrogens is 226 g/mol. The standard InChI is InChI=1S/C15H23NO2/c1-5-16(15(18)9-6-11(2)3)14-10-13(17)8-7-12(14)4/h7-8,10-11,17H,5-6,9H2,1-4H3. The third-order valence-electron chi connectivity index (χ3n) is 3.04. The van der Waals surface area contributed by atoms with Gasteiger partial charge in [0, 0.05) is 19.0 Å². The molecule has 0 bridgehead atoms. The number of hydrogen-bond donors (Lipinski definition) is 1. The average Bonchev–Trinajstić information content (AvgIpc) is 2.32. The van der Waals surface area contributed by atoms with Crippen molar-refractivity contribution in [3.8, 4) is 5.75 Å². The molecule has 18 heavy (non-hydrogen) atoms. The molecule has 0 atom stereocenters. The molecule has 3 nitrogen and oxygen atoms in total. The highest BCUT2D eigenvalue weighted by Gasteiger charge is 2.16. The fourth-order valence-corrected chi connectivity index (χ4v) is 1.92. The first-order chi connectivity index (χ1) is 8.45. The van der Waals surface area contributed by atoms with Gasteiger partial charge in [-0.15, -0.1) is 0 Å². The zero-order valence-electron chi connectivity index (χ0n) is 11.7. The van der Waals surface area contributed by atoms with Crippen LogP contribution in [-0.4, -0.2) is 17.6 Å². The maximum absolute atomic E-state index is 12.2. The van der Waals surface area contributed by atoms with E-state index in [1.54, 1.807) is 17.0 Å². The van der Waals surface area contributed by atoms with Gasteiger partial charge < -0.3 is 10.0 Å². The first-order valence-electron chi connectivity index (χ1n) is 6.55. The highest BCUT2D eigenvalue weighted by molar-refractivity contribution is 5.94. The summed E-state index contributed by atoms with van der Waals surface area (Å²) in [4.78, 5) is 13.9. The van der Waals surface area contributed by atoms with Gasteiger partial charge in [-0.25, -0.2) is 0 Å². The highest BCUT2D eigenvalue weighted by Crippen LogP contribution is 2.25. The molecule has 1 amide bonds. The number of benzene rings is 1. The number of nitrogens with zero attached hydrogens (tertiary/aromatic N) is 1. The molecule has 1 aromatic carbocycles. The Balaban J connectivity index is 2.88. The Morgan fingerprint density at radius 1 is 1.39 bits per heavy atom. The van der Waals surface area contributed by atoms with E-state index < -0.39 is 0 Å². The Morgan fingerprint density at radius 3 is 2.61 bits per heavy atom. The van der Waals surface area contributed by atoms with Gasteiger partial charge in [-0.3, -0.25) is 4.79 Å². The topological polar surface area (TPSA) is 40.5 Å². The molecule has 0 heterocycles. The summed E-state index contributed by atoms with van der Waals surface area (Å²) in [6.07, 6.45) is 1.45. The minimum absolute atomic E-state index is 0.125. The van der Waals surface area contributed by atoms with E-state index in [0.717, 1.165) is 17.7 Å². The summed E-state index contributed by atoms with van der Waals surface area (Å²) in [6, 6.07) is 5.14. The molecule has 3 heteroatoms. The van der Waals surface area contributed by atoms with Crippen LogP contribution in [-0.2, 0) is 4.79 Å². The molecule has 0 saturated heterocycles. The normalized spacial score (nSPS) is 10.7. The number of aromatic hydroxyl groups is 1. The molecule has 1 rings (SSSR count). The second-order valence-electron chi connectivity index (χ2n) is 5.04. The van der Waals surface area contributed by atoms with Crippen LogP contribution in [0.4, 0.5) is 5.69 Å². The molecule has 0 saturated carbocycles. The zero-order chi connectivity index (χ0) is 13.7. The number of anilines is 1. The van der Waals surface area contributed by atoms with Crippen molar-refractivity contribution >= 4 is 11.6 Å². The predicted molar refractivity (Wildman–Crippen MR) is 74.9 cm³/mol. The number of carbonyl (C=O) groups is 1. The molecule has 0 aromatic heterocycles. The van der Waals surface area contributed by atoms with Gasteiger partial charge in [-0.2, -0.15) is 0 Å². The van der Waals surface area contributed by atoms with Crippen LogP contribution in [0.25, 0.3) is 0 Å². The maximum Gasteiger partial charge on any atom is 0.226 e. The van der Waals surface area contributed by atoms with E-state index in [4.69, 9.17) is 0 Å². The maximum atomic E-state index is 12.2. The molecule has 0 aliphatic heterocycles. The number of carbonyl (C=O) groups excluding carboxylic acids is 1. The van der Waals surface area contributed by atoms with E-state index >= 15 is 0 Å². The number of amides is 1. The van der Waals surface area contributed by atoms with Crippen LogP contribution in [0.3, 0.4) is 0 Å². The van der Waals surface area contributed by atoms with Crippen LogP contribution in [0.5, 0.6) is 5.75 Å². The lowest BCUT2D eigenvalue weighted by molar-refractivity contribution is -0.118. The fraction of sp³-hybridized carbons (Fsp3) is 0.533. The quantitative estimate of drug-likeness (QED) is 0.867. The van der Waals surface area contributed by atoms with Gasteiger partial charge in [-0.1, -0.05) is 19.9 Å². The Kier molecular flexibility index (Phi) is 5.20. The Hall–Kier alpha value is -1.51. The number of hydrogen-bond acceptors (Lipinski definition) is 2. The van der Waals surface area contributed by atoms with Crippen LogP contribution in [0.2, 0.25) is 0 Å². The smallest absolute Gasteiger partial charge is 0.226 e. The number of rotatable bonds is 5.